The van der Waals surface area contributed by atoms with Gasteiger partial charge in [-0.1, -0.05) is 0 Å². The minimum Gasteiger partial charge on any atom is -0.480 e. The average molecular weight is 419 g/mol. The third kappa shape index (κ3) is 10.2. The van der Waals surface area contributed by atoms with E-state index < -0.39 is 61.1 Å². The number of hydrogen-bond acceptors (Lipinski definition) is 8. The Hall–Kier alpha value is -2.97. The minimum atomic E-state index is -1.53. The van der Waals surface area contributed by atoms with Gasteiger partial charge in [0, 0.05) is 6.54 Å². The van der Waals surface area contributed by atoms with Crippen molar-refractivity contribution in [3.05, 3.63) is 0 Å². The molecule has 29 heavy (non-hydrogen) atoms. The lowest BCUT2D eigenvalue weighted by Gasteiger charge is -2.23. The molecule has 4 atom stereocenters. The summed E-state index contributed by atoms with van der Waals surface area (Å²) in [6.07, 6.45) is 0.395. The number of aliphatic hydroxyl groups is 2. The maximum atomic E-state index is 12.5. The van der Waals surface area contributed by atoms with Crippen molar-refractivity contribution in [3.63, 3.8) is 0 Å². The van der Waals surface area contributed by atoms with Crippen molar-refractivity contribution in [2.24, 2.45) is 22.2 Å². The van der Waals surface area contributed by atoms with Crippen molar-refractivity contribution >= 4 is 29.7 Å². The molecule has 0 heterocycles. The van der Waals surface area contributed by atoms with Gasteiger partial charge in [-0.3, -0.25) is 19.4 Å². The number of guanidine groups is 1. The molecule has 0 fully saturated rings. The van der Waals surface area contributed by atoms with E-state index in [1.807, 2.05) is 0 Å². The molecule has 0 aliphatic heterocycles. The van der Waals surface area contributed by atoms with Crippen molar-refractivity contribution in [1.29, 1.82) is 0 Å². The number of aliphatic hydroxyl groups excluding tert-OH is 2. The van der Waals surface area contributed by atoms with E-state index in [-0.39, 0.29) is 18.9 Å². The molecule has 0 aliphatic carbocycles. The number of carbonyl (C=O) groups excluding carboxylic acids is 3. The molecule has 0 bridgehead atoms. The van der Waals surface area contributed by atoms with E-state index in [0.29, 0.717) is 6.42 Å². The molecular weight excluding hydrogens is 390 g/mol. The van der Waals surface area contributed by atoms with E-state index in [0.717, 1.165) is 0 Å². The van der Waals surface area contributed by atoms with Crippen LogP contribution in [0.15, 0.2) is 4.99 Å². The Morgan fingerprint density at radius 1 is 0.931 bits per heavy atom. The predicted octanol–water partition coefficient (Wildman–Crippen LogP) is -5.09. The first kappa shape index (κ1) is 26.0. The maximum absolute atomic E-state index is 12.5. The number of nitrogens with zero attached hydrogens (tertiary/aromatic N) is 1. The van der Waals surface area contributed by atoms with E-state index >= 15 is 0 Å². The number of rotatable bonds is 13. The van der Waals surface area contributed by atoms with Gasteiger partial charge >= 0.3 is 5.97 Å². The van der Waals surface area contributed by atoms with Crippen molar-refractivity contribution in [1.82, 2.24) is 16.0 Å². The molecule has 3 amide bonds. The van der Waals surface area contributed by atoms with Gasteiger partial charge in [-0.05, 0) is 19.8 Å². The molecule has 166 valence electrons. The first-order valence-corrected chi connectivity index (χ1v) is 8.70. The summed E-state index contributed by atoms with van der Waals surface area (Å²) in [5.74, 6) is -3.95. The van der Waals surface area contributed by atoms with Crippen LogP contribution in [0.1, 0.15) is 19.8 Å². The summed E-state index contributed by atoms with van der Waals surface area (Å²) < 4.78 is 0. The standard InChI is InChI=1S/C15H29N7O7/c1-7(11(25)22-10(6-24)14(28)29)20-13(27)9(3-2-4-19-15(17)18)21-12(26)8(16)5-23/h7-10,23-24H,2-6,16H2,1H3,(H,20,27)(H,21,26)(H,22,25)(H,28,29)(H4,17,18,19). The Labute approximate surface area is 166 Å². The number of aliphatic imine (C=N–C) groups is 1. The normalized spacial score (nSPS) is 14.6. The van der Waals surface area contributed by atoms with Crippen LogP contribution in [0.4, 0.5) is 0 Å². The second-order valence-corrected chi connectivity index (χ2v) is 6.11. The topological polar surface area (TPSA) is 255 Å². The number of carboxylic acids is 1. The van der Waals surface area contributed by atoms with Crippen LogP contribution in [0.2, 0.25) is 0 Å². The lowest BCUT2D eigenvalue weighted by molar-refractivity contribution is -0.143. The molecule has 0 rings (SSSR count). The fourth-order valence-corrected chi connectivity index (χ4v) is 2.00. The molecule has 0 saturated carbocycles. The van der Waals surface area contributed by atoms with Crippen LogP contribution in [0, 0.1) is 0 Å². The van der Waals surface area contributed by atoms with E-state index in [2.05, 4.69) is 20.9 Å². The zero-order valence-corrected chi connectivity index (χ0v) is 16.0. The van der Waals surface area contributed by atoms with Crippen LogP contribution in [-0.2, 0) is 19.2 Å². The molecule has 0 saturated heterocycles. The highest BCUT2D eigenvalue weighted by molar-refractivity contribution is 5.93. The molecule has 14 nitrogen and oxygen atoms in total. The van der Waals surface area contributed by atoms with Gasteiger partial charge in [-0.15, -0.1) is 0 Å². The molecule has 0 aromatic heterocycles. The SMILES string of the molecule is CC(NC(=O)C(CCCN=C(N)N)NC(=O)C(N)CO)C(=O)NC(CO)C(=O)O. The summed E-state index contributed by atoms with van der Waals surface area (Å²) in [6.45, 7) is 0.0110. The summed E-state index contributed by atoms with van der Waals surface area (Å²) in [6, 6.07) is -5.05. The third-order valence-electron chi connectivity index (χ3n) is 3.66. The second kappa shape index (κ2) is 13.2. The lowest BCUT2D eigenvalue weighted by atomic mass is 10.1. The Kier molecular flexibility index (Phi) is 11.9. The third-order valence-corrected chi connectivity index (χ3v) is 3.66. The summed E-state index contributed by atoms with van der Waals surface area (Å²) in [5.41, 5.74) is 15.8. The first-order valence-electron chi connectivity index (χ1n) is 8.70. The van der Waals surface area contributed by atoms with Gasteiger partial charge in [0.2, 0.25) is 17.7 Å². The fourth-order valence-electron chi connectivity index (χ4n) is 2.00. The Balaban J connectivity index is 5.01. The van der Waals surface area contributed by atoms with E-state index in [9.17, 15) is 19.2 Å². The van der Waals surface area contributed by atoms with Crippen molar-refractivity contribution in [2.75, 3.05) is 19.8 Å². The zero-order chi connectivity index (χ0) is 22.6. The number of hydrogen-bond donors (Lipinski definition) is 9. The van der Waals surface area contributed by atoms with Crippen LogP contribution in [0.25, 0.3) is 0 Å². The first-order chi connectivity index (χ1) is 13.5. The number of nitrogens with one attached hydrogen (secondary N) is 3. The fraction of sp³-hybridized carbons (Fsp3) is 0.667. The van der Waals surface area contributed by atoms with Crippen molar-refractivity contribution in [2.45, 2.75) is 43.9 Å². The molecule has 0 aromatic carbocycles. The smallest absolute Gasteiger partial charge is 0.328 e. The second-order valence-electron chi connectivity index (χ2n) is 6.11. The summed E-state index contributed by atoms with van der Waals surface area (Å²) in [5, 5.41) is 33.5. The molecule has 0 aliphatic rings. The highest BCUT2D eigenvalue weighted by Crippen LogP contribution is 2.01. The Bertz CT molecular complexity index is 610. The number of carbonyl (C=O) groups is 4. The summed E-state index contributed by atoms with van der Waals surface area (Å²) >= 11 is 0. The molecule has 0 spiro atoms. The van der Waals surface area contributed by atoms with E-state index in [4.69, 9.17) is 32.5 Å². The number of amides is 3. The van der Waals surface area contributed by atoms with Gasteiger partial charge in [0.05, 0.1) is 13.2 Å². The summed E-state index contributed by atoms with van der Waals surface area (Å²) in [4.78, 5) is 51.0. The molecule has 14 heteroatoms. The molecule has 0 radical (unpaired) electrons. The predicted molar refractivity (Wildman–Crippen MR) is 101 cm³/mol. The number of carboxylic acid groups (broad SMARTS) is 1. The van der Waals surface area contributed by atoms with Crippen LogP contribution in [0.5, 0.6) is 0 Å². The number of nitrogens with two attached hydrogens (primary N) is 3. The number of aliphatic carboxylic acids is 1. The molecule has 4 unspecified atom stereocenters. The summed E-state index contributed by atoms with van der Waals surface area (Å²) in [7, 11) is 0. The maximum Gasteiger partial charge on any atom is 0.328 e. The van der Waals surface area contributed by atoms with E-state index in [1.165, 1.54) is 6.92 Å². The van der Waals surface area contributed by atoms with Crippen LogP contribution >= 0.6 is 0 Å². The van der Waals surface area contributed by atoms with Crippen LogP contribution in [-0.4, -0.2) is 88.9 Å². The van der Waals surface area contributed by atoms with Gasteiger partial charge in [0.25, 0.3) is 0 Å². The Morgan fingerprint density at radius 3 is 2.00 bits per heavy atom. The van der Waals surface area contributed by atoms with Crippen LogP contribution < -0.4 is 33.2 Å². The molecule has 0 aromatic rings. The highest BCUT2D eigenvalue weighted by Gasteiger charge is 2.27. The van der Waals surface area contributed by atoms with Gasteiger partial charge < -0.3 is 48.5 Å². The highest BCUT2D eigenvalue weighted by atomic mass is 16.4. The average Bonchev–Trinajstić information content (AvgIpc) is 2.66. The molecule has 12 N–H and O–H groups in total. The van der Waals surface area contributed by atoms with Crippen molar-refractivity contribution in [3.8, 4) is 0 Å². The molecular formula is C15H29N7O7. The monoisotopic (exact) mass is 419 g/mol. The minimum absolute atomic E-state index is 0.0925. The Morgan fingerprint density at radius 2 is 1.52 bits per heavy atom. The lowest BCUT2D eigenvalue weighted by Crippen LogP contribution is -2.57. The van der Waals surface area contributed by atoms with Crippen molar-refractivity contribution < 1.29 is 34.5 Å². The quantitative estimate of drug-likeness (QED) is 0.0779. The largest absolute Gasteiger partial charge is 0.480 e. The van der Waals surface area contributed by atoms with Gasteiger partial charge in [0.1, 0.15) is 24.2 Å². The van der Waals surface area contributed by atoms with Crippen LogP contribution in [0.3, 0.4) is 0 Å². The van der Waals surface area contributed by atoms with Gasteiger partial charge in [0.15, 0.2) is 5.96 Å². The van der Waals surface area contributed by atoms with E-state index in [1.54, 1.807) is 0 Å². The van der Waals surface area contributed by atoms with Gasteiger partial charge in [-0.2, -0.15) is 0 Å². The zero-order valence-electron chi connectivity index (χ0n) is 16.0. The van der Waals surface area contributed by atoms with Gasteiger partial charge in [-0.25, -0.2) is 4.79 Å².